The molecule has 2 aromatic carbocycles. The van der Waals surface area contributed by atoms with Crippen LogP contribution in [0.1, 0.15) is 34.3 Å². The van der Waals surface area contributed by atoms with Crippen molar-refractivity contribution >= 4 is 11.5 Å². The summed E-state index contributed by atoms with van der Waals surface area (Å²) < 4.78 is 0. The first-order chi connectivity index (χ1) is 9.74. The Morgan fingerprint density at radius 1 is 0.850 bits per heavy atom. The van der Waals surface area contributed by atoms with Gasteiger partial charge in [0.2, 0.25) is 0 Å². The maximum Gasteiger partial charge on any atom is 0.193 e. The van der Waals surface area contributed by atoms with Gasteiger partial charge in [-0.15, -0.1) is 0 Å². The van der Waals surface area contributed by atoms with Gasteiger partial charge in [-0.2, -0.15) is 0 Å². The molecule has 0 aromatic heterocycles. The molecule has 1 heterocycles. The normalized spacial score (nSPS) is 14.6. The molecule has 1 saturated heterocycles. The predicted octanol–water partition coefficient (Wildman–Crippen LogP) is 3.83. The van der Waals surface area contributed by atoms with Crippen LogP contribution in [0.15, 0.2) is 48.5 Å². The Bertz CT molecular complexity index is 592. The largest absolute Gasteiger partial charge is 0.372 e. The molecule has 2 nitrogen and oxygen atoms in total. The topological polar surface area (TPSA) is 20.3 Å². The predicted molar refractivity (Wildman–Crippen MR) is 82.5 cm³/mol. The third kappa shape index (κ3) is 2.60. The maximum absolute atomic E-state index is 12.4. The van der Waals surface area contributed by atoms with E-state index in [1.165, 1.54) is 24.1 Å². The van der Waals surface area contributed by atoms with Gasteiger partial charge in [-0.3, -0.25) is 4.79 Å². The zero-order valence-corrected chi connectivity index (χ0v) is 11.8. The minimum atomic E-state index is 0.0953. The smallest absolute Gasteiger partial charge is 0.193 e. The van der Waals surface area contributed by atoms with Crippen LogP contribution >= 0.6 is 0 Å². The summed E-state index contributed by atoms with van der Waals surface area (Å²) in [5.74, 6) is 0.0953. The van der Waals surface area contributed by atoms with E-state index < -0.39 is 0 Å². The molecule has 20 heavy (non-hydrogen) atoms. The number of ketones is 1. The first-order valence-electron chi connectivity index (χ1n) is 7.20. The summed E-state index contributed by atoms with van der Waals surface area (Å²) in [6.45, 7) is 4.29. The van der Waals surface area contributed by atoms with Gasteiger partial charge in [0.15, 0.2) is 5.78 Å². The van der Waals surface area contributed by atoms with Crippen molar-refractivity contribution in [3.63, 3.8) is 0 Å². The summed E-state index contributed by atoms with van der Waals surface area (Å²) in [5.41, 5.74) is 3.91. The van der Waals surface area contributed by atoms with E-state index in [1.54, 1.807) is 0 Å². The second-order valence-electron chi connectivity index (χ2n) is 5.44. The van der Waals surface area contributed by atoms with Gasteiger partial charge in [0, 0.05) is 29.9 Å². The summed E-state index contributed by atoms with van der Waals surface area (Å²) in [7, 11) is 0. The van der Waals surface area contributed by atoms with E-state index in [2.05, 4.69) is 17.0 Å². The van der Waals surface area contributed by atoms with Crippen LogP contribution < -0.4 is 4.90 Å². The zero-order chi connectivity index (χ0) is 13.9. The Morgan fingerprint density at radius 3 is 1.90 bits per heavy atom. The van der Waals surface area contributed by atoms with Crippen LogP contribution in [0.4, 0.5) is 5.69 Å². The molecule has 1 fully saturated rings. The lowest BCUT2D eigenvalue weighted by Crippen LogP contribution is -2.17. The first-order valence-corrected chi connectivity index (χ1v) is 7.20. The third-order valence-corrected chi connectivity index (χ3v) is 3.91. The van der Waals surface area contributed by atoms with Gasteiger partial charge >= 0.3 is 0 Å². The van der Waals surface area contributed by atoms with Gasteiger partial charge < -0.3 is 4.90 Å². The molecule has 0 N–H and O–H groups in total. The van der Waals surface area contributed by atoms with Crippen molar-refractivity contribution in [1.82, 2.24) is 0 Å². The quantitative estimate of drug-likeness (QED) is 0.786. The molecule has 3 rings (SSSR count). The number of aryl methyl sites for hydroxylation is 1. The number of carbonyl (C=O) groups excluding carboxylic acids is 1. The molecule has 102 valence electrons. The SMILES string of the molecule is Cc1ccc(C(=O)c2ccc(N3CCCC3)cc2)cc1. The van der Waals surface area contributed by atoms with Gasteiger partial charge in [-0.1, -0.05) is 29.8 Å². The minimum absolute atomic E-state index is 0.0953. The molecule has 1 aliphatic rings. The lowest BCUT2D eigenvalue weighted by atomic mass is 10.0. The van der Waals surface area contributed by atoms with E-state index in [0.29, 0.717) is 0 Å². The lowest BCUT2D eigenvalue weighted by molar-refractivity contribution is 0.103. The van der Waals surface area contributed by atoms with Crippen molar-refractivity contribution in [1.29, 1.82) is 0 Å². The molecule has 1 aliphatic heterocycles. The fourth-order valence-corrected chi connectivity index (χ4v) is 2.67. The average molecular weight is 265 g/mol. The number of nitrogens with zero attached hydrogens (tertiary/aromatic N) is 1. The Balaban J connectivity index is 1.80. The fourth-order valence-electron chi connectivity index (χ4n) is 2.67. The molecule has 0 spiro atoms. The van der Waals surface area contributed by atoms with Crippen LogP contribution in [0.2, 0.25) is 0 Å². The van der Waals surface area contributed by atoms with Gasteiger partial charge in [-0.05, 0) is 44.0 Å². The van der Waals surface area contributed by atoms with Gasteiger partial charge in [0.1, 0.15) is 0 Å². The number of carbonyl (C=O) groups is 1. The highest BCUT2D eigenvalue weighted by atomic mass is 16.1. The molecule has 0 aliphatic carbocycles. The Morgan fingerprint density at radius 2 is 1.35 bits per heavy atom. The monoisotopic (exact) mass is 265 g/mol. The average Bonchev–Trinajstić information content (AvgIpc) is 3.02. The highest BCUT2D eigenvalue weighted by Gasteiger charge is 2.13. The molecule has 0 unspecified atom stereocenters. The third-order valence-electron chi connectivity index (χ3n) is 3.91. The summed E-state index contributed by atoms with van der Waals surface area (Å²) in [4.78, 5) is 14.8. The van der Waals surface area contributed by atoms with Gasteiger partial charge in [0.05, 0.1) is 0 Å². The van der Waals surface area contributed by atoms with E-state index in [1.807, 2.05) is 43.3 Å². The number of rotatable bonds is 3. The Labute approximate surface area is 120 Å². The minimum Gasteiger partial charge on any atom is -0.372 e. The molecule has 0 amide bonds. The van der Waals surface area contributed by atoms with Gasteiger partial charge in [0.25, 0.3) is 0 Å². The molecule has 2 aromatic rings. The second kappa shape index (κ2) is 5.49. The van der Waals surface area contributed by atoms with Crippen molar-refractivity contribution in [2.24, 2.45) is 0 Å². The van der Waals surface area contributed by atoms with Crippen molar-refractivity contribution in [3.05, 3.63) is 65.2 Å². The molecule has 0 bridgehead atoms. The zero-order valence-electron chi connectivity index (χ0n) is 11.8. The molecule has 0 saturated carbocycles. The maximum atomic E-state index is 12.4. The van der Waals surface area contributed by atoms with Crippen LogP contribution in [0.25, 0.3) is 0 Å². The highest BCUT2D eigenvalue weighted by Crippen LogP contribution is 2.21. The molecule has 0 atom stereocenters. The van der Waals surface area contributed by atoms with Crippen LogP contribution in [0, 0.1) is 6.92 Å². The first kappa shape index (κ1) is 12.9. The Kier molecular flexibility index (Phi) is 3.55. The van der Waals surface area contributed by atoms with E-state index in [0.717, 1.165) is 24.2 Å². The van der Waals surface area contributed by atoms with E-state index in [-0.39, 0.29) is 5.78 Å². The highest BCUT2D eigenvalue weighted by molar-refractivity contribution is 6.09. The summed E-state index contributed by atoms with van der Waals surface area (Å²) in [6, 6.07) is 15.8. The van der Waals surface area contributed by atoms with Crippen molar-refractivity contribution in [2.75, 3.05) is 18.0 Å². The van der Waals surface area contributed by atoms with E-state index in [4.69, 9.17) is 0 Å². The number of hydrogen-bond donors (Lipinski definition) is 0. The number of anilines is 1. The van der Waals surface area contributed by atoms with Crippen molar-refractivity contribution in [2.45, 2.75) is 19.8 Å². The standard InChI is InChI=1S/C18H19NO/c1-14-4-6-15(7-5-14)18(20)16-8-10-17(11-9-16)19-12-2-3-13-19/h4-11H,2-3,12-13H2,1H3. The second-order valence-corrected chi connectivity index (χ2v) is 5.44. The van der Waals surface area contributed by atoms with E-state index >= 15 is 0 Å². The van der Waals surface area contributed by atoms with Crippen LogP contribution in [0.3, 0.4) is 0 Å². The van der Waals surface area contributed by atoms with Crippen LogP contribution in [-0.4, -0.2) is 18.9 Å². The summed E-state index contributed by atoms with van der Waals surface area (Å²) >= 11 is 0. The number of hydrogen-bond acceptors (Lipinski definition) is 2. The van der Waals surface area contributed by atoms with Crippen LogP contribution in [-0.2, 0) is 0 Å². The molecule has 2 heteroatoms. The van der Waals surface area contributed by atoms with Crippen LogP contribution in [0.5, 0.6) is 0 Å². The molecular formula is C18H19NO. The van der Waals surface area contributed by atoms with Crippen molar-refractivity contribution < 1.29 is 4.79 Å². The summed E-state index contributed by atoms with van der Waals surface area (Å²) in [6.07, 6.45) is 2.54. The van der Waals surface area contributed by atoms with Gasteiger partial charge in [-0.25, -0.2) is 0 Å². The fraction of sp³-hybridized carbons (Fsp3) is 0.278. The molecular weight excluding hydrogens is 246 g/mol. The number of benzene rings is 2. The lowest BCUT2D eigenvalue weighted by Gasteiger charge is -2.17. The summed E-state index contributed by atoms with van der Waals surface area (Å²) in [5, 5.41) is 0. The Hall–Kier alpha value is -2.09. The van der Waals surface area contributed by atoms with E-state index in [9.17, 15) is 4.79 Å². The van der Waals surface area contributed by atoms with Crippen molar-refractivity contribution in [3.8, 4) is 0 Å². The molecule has 0 radical (unpaired) electrons.